The van der Waals surface area contributed by atoms with Crippen LogP contribution in [0.4, 0.5) is 0 Å². The molecule has 0 atom stereocenters. The van der Waals surface area contributed by atoms with E-state index in [9.17, 15) is 4.79 Å². The number of carboxylic acids is 1. The van der Waals surface area contributed by atoms with Crippen molar-refractivity contribution in [3.8, 4) is 17.2 Å². The van der Waals surface area contributed by atoms with Gasteiger partial charge in [0.15, 0.2) is 11.5 Å². The van der Waals surface area contributed by atoms with Gasteiger partial charge in [-0.3, -0.25) is 0 Å². The van der Waals surface area contributed by atoms with Crippen LogP contribution in [0.3, 0.4) is 0 Å². The zero-order chi connectivity index (χ0) is 12.3. The number of benzene rings is 1. The highest BCUT2D eigenvalue weighted by atomic mass is 16.7. The van der Waals surface area contributed by atoms with Crippen molar-refractivity contribution in [3.05, 3.63) is 23.8 Å². The summed E-state index contributed by atoms with van der Waals surface area (Å²) in [5, 5.41) is 8.61. The molecule has 5 nitrogen and oxygen atoms in total. The molecule has 0 unspecified atom stereocenters. The van der Waals surface area contributed by atoms with E-state index in [4.69, 9.17) is 19.3 Å². The number of aliphatic carboxylic acids is 1. The highest BCUT2D eigenvalue weighted by Gasteiger charge is 2.16. The minimum atomic E-state index is -1.01. The van der Waals surface area contributed by atoms with Gasteiger partial charge >= 0.3 is 5.97 Å². The topological polar surface area (TPSA) is 65.0 Å². The van der Waals surface area contributed by atoms with Crippen LogP contribution in [0.2, 0.25) is 0 Å². The maximum absolute atomic E-state index is 10.5. The number of rotatable bonds is 4. The molecule has 17 heavy (non-hydrogen) atoms. The Morgan fingerprint density at radius 3 is 2.82 bits per heavy atom. The molecule has 90 valence electrons. The number of hydrogen-bond acceptors (Lipinski definition) is 4. The highest BCUT2D eigenvalue weighted by molar-refractivity contribution is 5.86. The van der Waals surface area contributed by atoms with Gasteiger partial charge in [-0.2, -0.15) is 0 Å². The molecular formula is C12H12O5. The summed E-state index contributed by atoms with van der Waals surface area (Å²) in [6.45, 7) is 2.52. The third-order valence-corrected chi connectivity index (χ3v) is 2.21. The van der Waals surface area contributed by atoms with Gasteiger partial charge in [0, 0.05) is 17.7 Å². The average molecular weight is 236 g/mol. The molecule has 0 aliphatic carbocycles. The van der Waals surface area contributed by atoms with Gasteiger partial charge in [0.05, 0.1) is 6.61 Å². The summed E-state index contributed by atoms with van der Waals surface area (Å²) in [5.74, 6) is 0.777. The summed E-state index contributed by atoms with van der Waals surface area (Å²) in [7, 11) is 0. The molecule has 0 saturated heterocycles. The summed E-state index contributed by atoms with van der Waals surface area (Å²) < 4.78 is 15.9. The zero-order valence-electron chi connectivity index (χ0n) is 9.30. The number of hydrogen-bond donors (Lipinski definition) is 1. The van der Waals surface area contributed by atoms with Crippen molar-refractivity contribution in [2.75, 3.05) is 13.4 Å². The third kappa shape index (κ3) is 2.50. The summed E-state index contributed by atoms with van der Waals surface area (Å²) in [6.07, 6.45) is 2.52. The molecule has 2 rings (SSSR count). The van der Waals surface area contributed by atoms with Gasteiger partial charge in [-0.25, -0.2) is 4.79 Å². The Morgan fingerprint density at radius 2 is 2.18 bits per heavy atom. The second-order valence-electron chi connectivity index (χ2n) is 3.35. The van der Waals surface area contributed by atoms with E-state index >= 15 is 0 Å². The first-order chi connectivity index (χ1) is 8.20. The molecule has 1 aromatic rings. The van der Waals surface area contributed by atoms with Crippen LogP contribution >= 0.6 is 0 Å². The van der Waals surface area contributed by atoms with Crippen LogP contribution in [0.15, 0.2) is 18.2 Å². The first kappa shape index (κ1) is 11.3. The molecule has 5 heteroatoms. The van der Waals surface area contributed by atoms with E-state index in [1.54, 1.807) is 12.1 Å². The quantitative estimate of drug-likeness (QED) is 0.809. The minimum Gasteiger partial charge on any atom is -0.493 e. The number of carbonyl (C=O) groups is 1. The molecule has 1 aliphatic heterocycles. The first-order valence-electron chi connectivity index (χ1n) is 5.18. The van der Waals surface area contributed by atoms with Crippen molar-refractivity contribution in [3.63, 3.8) is 0 Å². The molecule has 1 heterocycles. The maximum Gasteiger partial charge on any atom is 0.328 e. The molecular weight excluding hydrogens is 224 g/mol. The number of ether oxygens (including phenoxy) is 3. The molecule has 1 N–H and O–H groups in total. The normalized spacial score (nSPS) is 13.0. The fourth-order valence-electron chi connectivity index (χ4n) is 1.51. The van der Waals surface area contributed by atoms with Crippen molar-refractivity contribution in [1.82, 2.24) is 0 Å². The van der Waals surface area contributed by atoms with Crippen molar-refractivity contribution in [2.24, 2.45) is 0 Å². The summed E-state index contributed by atoms with van der Waals surface area (Å²) in [4.78, 5) is 10.5. The molecule has 1 aliphatic rings. The van der Waals surface area contributed by atoms with E-state index in [0.717, 1.165) is 6.08 Å². The summed E-state index contributed by atoms with van der Waals surface area (Å²) >= 11 is 0. The summed E-state index contributed by atoms with van der Waals surface area (Å²) in [5.41, 5.74) is 0.651. The lowest BCUT2D eigenvalue weighted by Crippen LogP contribution is -1.94. The van der Waals surface area contributed by atoms with Crippen molar-refractivity contribution in [1.29, 1.82) is 0 Å². The van der Waals surface area contributed by atoms with Gasteiger partial charge in [0.1, 0.15) is 5.75 Å². The van der Waals surface area contributed by atoms with Crippen molar-refractivity contribution in [2.45, 2.75) is 6.92 Å². The molecule has 1 aromatic carbocycles. The van der Waals surface area contributed by atoms with Crippen molar-refractivity contribution >= 4 is 12.0 Å². The lowest BCUT2D eigenvalue weighted by molar-refractivity contribution is -0.131. The second-order valence-corrected chi connectivity index (χ2v) is 3.35. The van der Waals surface area contributed by atoms with Gasteiger partial charge in [0.25, 0.3) is 0 Å². The van der Waals surface area contributed by atoms with E-state index in [2.05, 4.69) is 0 Å². The van der Waals surface area contributed by atoms with Crippen LogP contribution in [0.1, 0.15) is 12.5 Å². The molecule has 0 amide bonds. The zero-order valence-corrected chi connectivity index (χ0v) is 9.30. The Kier molecular flexibility index (Phi) is 3.18. The van der Waals surface area contributed by atoms with Crippen LogP contribution in [0.5, 0.6) is 17.2 Å². The lowest BCUT2D eigenvalue weighted by atomic mass is 10.1. The molecule has 0 saturated carbocycles. The molecule has 0 radical (unpaired) electrons. The predicted molar refractivity (Wildman–Crippen MR) is 60.4 cm³/mol. The average Bonchev–Trinajstić information content (AvgIpc) is 2.73. The number of carboxylic acid groups (broad SMARTS) is 1. The highest BCUT2D eigenvalue weighted by Crippen LogP contribution is 2.38. The fourth-order valence-corrected chi connectivity index (χ4v) is 1.51. The van der Waals surface area contributed by atoms with E-state index in [1.807, 2.05) is 6.92 Å². The van der Waals surface area contributed by atoms with E-state index in [1.165, 1.54) is 6.08 Å². The predicted octanol–water partition coefficient (Wildman–Crippen LogP) is 1.91. The fraction of sp³-hybridized carbons (Fsp3) is 0.250. The minimum absolute atomic E-state index is 0.174. The van der Waals surface area contributed by atoms with Crippen LogP contribution in [-0.2, 0) is 4.79 Å². The van der Waals surface area contributed by atoms with Gasteiger partial charge in [-0.15, -0.1) is 0 Å². The van der Waals surface area contributed by atoms with Crippen LogP contribution in [0, 0.1) is 0 Å². The SMILES string of the molecule is CCOc1cc2c(cc1/C=C/C(=O)O)OCO2. The van der Waals surface area contributed by atoms with Gasteiger partial charge < -0.3 is 19.3 Å². The maximum atomic E-state index is 10.5. The molecule has 0 spiro atoms. The standard InChI is InChI=1S/C12H12O5/c1-2-15-9-6-11-10(16-7-17-11)5-8(9)3-4-12(13)14/h3-6H,2,7H2,1H3,(H,13,14)/b4-3+. The monoisotopic (exact) mass is 236 g/mol. The van der Waals surface area contributed by atoms with E-state index in [-0.39, 0.29) is 6.79 Å². The Balaban J connectivity index is 2.37. The Bertz CT molecular complexity index is 464. The lowest BCUT2D eigenvalue weighted by Gasteiger charge is -2.08. The molecule has 0 aromatic heterocycles. The Morgan fingerprint density at radius 1 is 1.47 bits per heavy atom. The molecule has 0 bridgehead atoms. The van der Waals surface area contributed by atoms with Crippen LogP contribution in [0.25, 0.3) is 6.08 Å². The van der Waals surface area contributed by atoms with Crippen molar-refractivity contribution < 1.29 is 24.1 Å². The number of fused-ring (bicyclic) bond motifs is 1. The van der Waals surface area contributed by atoms with E-state index < -0.39 is 5.97 Å². The largest absolute Gasteiger partial charge is 0.493 e. The summed E-state index contributed by atoms with van der Waals surface area (Å²) in [6, 6.07) is 3.40. The van der Waals surface area contributed by atoms with Gasteiger partial charge in [-0.1, -0.05) is 0 Å². The molecule has 0 fully saturated rings. The van der Waals surface area contributed by atoms with Crippen LogP contribution in [-0.4, -0.2) is 24.5 Å². The van der Waals surface area contributed by atoms with Gasteiger partial charge in [0.2, 0.25) is 6.79 Å². The Labute approximate surface area is 98.2 Å². The Hall–Kier alpha value is -2.17. The van der Waals surface area contributed by atoms with E-state index in [0.29, 0.717) is 29.4 Å². The first-order valence-corrected chi connectivity index (χ1v) is 5.18. The van der Waals surface area contributed by atoms with Crippen LogP contribution < -0.4 is 14.2 Å². The third-order valence-electron chi connectivity index (χ3n) is 2.21. The van der Waals surface area contributed by atoms with Gasteiger partial charge in [-0.05, 0) is 19.1 Å². The second kappa shape index (κ2) is 4.78. The smallest absolute Gasteiger partial charge is 0.328 e.